The molecule has 1 N–H and O–H groups in total. The van der Waals surface area contributed by atoms with Gasteiger partial charge in [0, 0.05) is 11.1 Å². The summed E-state index contributed by atoms with van der Waals surface area (Å²) in [6, 6.07) is 13.5. The van der Waals surface area contributed by atoms with Crippen LogP contribution in [0.2, 0.25) is 0 Å². The molecule has 1 aromatic carbocycles. The van der Waals surface area contributed by atoms with E-state index in [1.54, 1.807) is 57.2 Å². The summed E-state index contributed by atoms with van der Waals surface area (Å²) in [5.74, 6) is 0. The van der Waals surface area contributed by atoms with Gasteiger partial charge in [-0.15, -0.1) is 0 Å². The predicted molar refractivity (Wildman–Crippen MR) is 84.5 cm³/mol. The van der Waals surface area contributed by atoms with Crippen LogP contribution in [0.3, 0.4) is 0 Å². The van der Waals surface area contributed by atoms with Gasteiger partial charge < -0.3 is 0 Å². The van der Waals surface area contributed by atoms with Crippen molar-refractivity contribution in [1.82, 2.24) is 9.71 Å². The number of aromatic nitrogens is 1. The van der Waals surface area contributed by atoms with E-state index in [-0.39, 0.29) is 4.90 Å². The fourth-order valence-corrected chi connectivity index (χ4v) is 3.41. The van der Waals surface area contributed by atoms with Crippen molar-refractivity contribution in [3.63, 3.8) is 0 Å². The first-order chi connectivity index (χ1) is 10.2. The minimum absolute atomic E-state index is 0.170. The minimum atomic E-state index is -3.61. The van der Waals surface area contributed by atoms with Crippen LogP contribution in [0, 0.1) is 11.3 Å². The summed E-state index contributed by atoms with van der Waals surface area (Å²) in [7, 11) is -3.61. The van der Waals surface area contributed by atoms with Gasteiger partial charge in [0.1, 0.15) is 11.8 Å². The lowest BCUT2D eigenvalue weighted by molar-refractivity contribution is 0.491. The van der Waals surface area contributed by atoms with Gasteiger partial charge in [-0.1, -0.05) is 18.2 Å². The van der Waals surface area contributed by atoms with E-state index < -0.39 is 15.6 Å². The first-order valence-corrected chi connectivity index (χ1v) is 8.21. The molecule has 2 rings (SSSR count). The lowest BCUT2D eigenvalue weighted by atomic mass is 10.1. The normalized spacial score (nSPS) is 11.9. The molecule has 1 heterocycles. The third-order valence-corrected chi connectivity index (χ3v) is 4.50. The van der Waals surface area contributed by atoms with Crippen LogP contribution < -0.4 is 4.72 Å². The summed E-state index contributed by atoms with van der Waals surface area (Å²) in [5, 5.41) is 8.90. The van der Waals surface area contributed by atoms with Gasteiger partial charge in [0.2, 0.25) is 10.0 Å². The molecule has 0 aliphatic heterocycles. The van der Waals surface area contributed by atoms with Crippen molar-refractivity contribution in [3.05, 3.63) is 48.2 Å². The van der Waals surface area contributed by atoms with Crippen molar-refractivity contribution in [3.8, 4) is 17.3 Å². The second-order valence-corrected chi connectivity index (χ2v) is 7.59. The van der Waals surface area contributed by atoms with E-state index in [0.29, 0.717) is 17.0 Å². The van der Waals surface area contributed by atoms with Gasteiger partial charge in [0.25, 0.3) is 0 Å². The number of nitrogens with zero attached hydrogens (tertiary/aromatic N) is 2. The van der Waals surface area contributed by atoms with Crippen molar-refractivity contribution in [2.75, 3.05) is 0 Å². The third kappa shape index (κ3) is 3.91. The van der Waals surface area contributed by atoms with E-state index in [9.17, 15) is 8.42 Å². The SMILES string of the molecule is CC(C)(C)NS(=O)(=O)c1cccc(-c2cccc(C#N)n2)c1. The number of hydrogen-bond donors (Lipinski definition) is 1. The van der Waals surface area contributed by atoms with Gasteiger partial charge in [-0.05, 0) is 45.0 Å². The molecule has 22 heavy (non-hydrogen) atoms. The topological polar surface area (TPSA) is 82.9 Å². The Morgan fingerprint density at radius 2 is 1.82 bits per heavy atom. The van der Waals surface area contributed by atoms with Gasteiger partial charge in [-0.25, -0.2) is 18.1 Å². The van der Waals surface area contributed by atoms with Crippen LogP contribution in [0.1, 0.15) is 26.5 Å². The van der Waals surface area contributed by atoms with Crippen LogP contribution in [0.5, 0.6) is 0 Å². The zero-order valence-electron chi connectivity index (χ0n) is 12.7. The van der Waals surface area contributed by atoms with Crippen LogP contribution in [0.25, 0.3) is 11.3 Å². The average Bonchev–Trinajstić information content (AvgIpc) is 2.45. The maximum Gasteiger partial charge on any atom is 0.241 e. The van der Waals surface area contributed by atoms with Gasteiger partial charge in [0.05, 0.1) is 10.6 Å². The largest absolute Gasteiger partial charge is 0.241 e. The van der Waals surface area contributed by atoms with E-state index in [0.717, 1.165) is 0 Å². The smallest absolute Gasteiger partial charge is 0.237 e. The number of benzene rings is 1. The molecule has 0 radical (unpaired) electrons. The van der Waals surface area contributed by atoms with Gasteiger partial charge in [-0.3, -0.25) is 0 Å². The molecule has 0 amide bonds. The highest BCUT2D eigenvalue weighted by Crippen LogP contribution is 2.22. The monoisotopic (exact) mass is 315 g/mol. The Kier molecular flexibility index (Phi) is 4.31. The number of hydrogen-bond acceptors (Lipinski definition) is 4. The van der Waals surface area contributed by atoms with Gasteiger partial charge >= 0.3 is 0 Å². The molecule has 2 aromatic rings. The Bertz CT molecular complexity index is 831. The summed E-state index contributed by atoms with van der Waals surface area (Å²) >= 11 is 0. The number of rotatable bonds is 3. The molecular formula is C16H17N3O2S. The van der Waals surface area contributed by atoms with E-state index in [1.165, 1.54) is 6.07 Å². The average molecular weight is 315 g/mol. The highest BCUT2D eigenvalue weighted by Gasteiger charge is 2.22. The minimum Gasteiger partial charge on any atom is -0.237 e. The molecule has 0 fully saturated rings. The fourth-order valence-electron chi connectivity index (χ4n) is 1.94. The molecule has 1 aromatic heterocycles. The molecule has 0 spiro atoms. The first kappa shape index (κ1) is 16.1. The molecule has 0 bridgehead atoms. The second kappa shape index (κ2) is 5.87. The maximum atomic E-state index is 12.4. The lowest BCUT2D eigenvalue weighted by Gasteiger charge is -2.20. The standard InChI is InChI=1S/C16H17N3O2S/c1-16(2,3)19-22(20,21)14-8-4-6-12(10-14)15-9-5-7-13(11-17)18-15/h4-10,19H,1-3H3. The molecule has 0 atom stereocenters. The lowest BCUT2D eigenvalue weighted by Crippen LogP contribution is -2.40. The molecular weight excluding hydrogens is 298 g/mol. The van der Waals surface area contributed by atoms with Crippen molar-refractivity contribution >= 4 is 10.0 Å². The zero-order valence-corrected chi connectivity index (χ0v) is 13.5. The Hall–Kier alpha value is -2.23. The van der Waals surface area contributed by atoms with Crippen LogP contribution in [-0.2, 0) is 10.0 Å². The molecule has 5 nitrogen and oxygen atoms in total. The van der Waals surface area contributed by atoms with E-state index in [2.05, 4.69) is 9.71 Å². The quantitative estimate of drug-likeness (QED) is 0.944. The number of pyridine rings is 1. The Balaban J connectivity index is 2.45. The Morgan fingerprint density at radius 1 is 1.14 bits per heavy atom. The summed E-state index contributed by atoms with van der Waals surface area (Å²) in [6.45, 7) is 5.35. The molecule has 0 saturated heterocycles. The molecule has 0 aliphatic carbocycles. The molecule has 0 saturated carbocycles. The Labute approximate surface area is 130 Å². The number of nitriles is 1. The van der Waals surface area contributed by atoms with Crippen molar-refractivity contribution < 1.29 is 8.42 Å². The van der Waals surface area contributed by atoms with Crippen LogP contribution in [0.15, 0.2) is 47.4 Å². The van der Waals surface area contributed by atoms with Crippen molar-refractivity contribution in [1.29, 1.82) is 5.26 Å². The van der Waals surface area contributed by atoms with E-state index >= 15 is 0 Å². The highest BCUT2D eigenvalue weighted by molar-refractivity contribution is 7.89. The van der Waals surface area contributed by atoms with Gasteiger partial charge in [-0.2, -0.15) is 5.26 Å². The van der Waals surface area contributed by atoms with Crippen LogP contribution in [-0.4, -0.2) is 18.9 Å². The summed E-state index contributed by atoms with van der Waals surface area (Å²) in [6.07, 6.45) is 0. The predicted octanol–water partition coefficient (Wildman–Crippen LogP) is 2.70. The molecule has 0 unspecified atom stereocenters. The molecule has 6 heteroatoms. The summed E-state index contributed by atoms with van der Waals surface area (Å²) < 4.78 is 27.4. The van der Waals surface area contributed by atoms with Crippen molar-refractivity contribution in [2.24, 2.45) is 0 Å². The van der Waals surface area contributed by atoms with Crippen molar-refractivity contribution in [2.45, 2.75) is 31.2 Å². The first-order valence-electron chi connectivity index (χ1n) is 6.73. The fraction of sp³-hybridized carbons (Fsp3) is 0.250. The summed E-state index contributed by atoms with van der Waals surface area (Å²) in [5.41, 5.74) is 0.938. The highest BCUT2D eigenvalue weighted by atomic mass is 32.2. The number of nitrogens with one attached hydrogen (secondary N) is 1. The number of sulfonamides is 1. The van der Waals surface area contributed by atoms with Gasteiger partial charge in [0.15, 0.2) is 0 Å². The Morgan fingerprint density at radius 3 is 2.45 bits per heavy atom. The van der Waals surface area contributed by atoms with Crippen LogP contribution in [0.4, 0.5) is 0 Å². The third-order valence-electron chi connectivity index (χ3n) is 2.74. The maximum absolute atomic E-state index is 12.4. The van der Waals surface area contributed by atoms with E-state index in [4.69, 9.17) is 5.26 Å². The summed E-state index contributed by atoms with van der Waals surface area (Å²) in [4.78, 5) is 4.35. The van der Waals surface area contributed by atoms with E-state index in [1.807, 2.05) is 6.07 Å². The van der Waals surface area contributed by atoms with Crippen LogP contribution >= 0.6 is 0 Å². The second-order valence-electron chi connectivity index (χ2n) is 5.90. The molecule has 0 aliphatic rings. The molecule has 114 valence electrons. The zero-order chi connectivity index (χ0) is 16.4.